The van der Waals surface area contributed by atoms with E-state index in [0.29, 0.717) is 5.82 Å². The standard InChI is InChI=1S/C15H18ClN5O/c1-10(11-5-7-12(8-6-11)21(2)3)19-20-14-9-13(16)17-15(18-14)22-4/h5-9H,1-4H3,(H,17,18,20). The number of benzene rings is 1. The molecule has 1 heterocycles. The summed E-state index contributed by atoms with van der Waals surface area (Å²) in [5, 5.41) is 4.59. The Hall–Kier alpha value is -2.34. The lowest BCUT2D eigenvalue weighted by molar-refractivity contribution is 0.380. The summed E-state index contributed by atoms with van der Waals surface area (Å²) in [4.78, 5) is 10.1. The van der Waals surface area contributed by atoms with Crippen LogP contribution >= 0.6 is 11.6 Å². The smallest absolute Gasteiger partial charge is 0.319 e. The van der Waals surface area contributed by atoms with Crippen LogP contribution in [0.25, 0.3) is 0 Å². The maximum atomic E-state index is 5.88. The molecular weight excluding hydrogens is 302 g/mol. The van der Waals surface area contributed by atoms with Gasteiger partial charge < -0.3 is 9.64 Å². The van der Waals surface area contributed by atoms with Crippen molar-refractivity contribution < 1.29 is 4.74 Å². The van der Waals surface area contributed by atoms with Crippen LogP contribution in [-0.4, -0.2) is 36.9 Å². The quantitative estimate of drug-likeness (QED) is 0.521. The molecule has 0 fully saturated rings. The molecule has 7 heteroatoms. The van der Waals surface area contributed by atoms with Gasteiger partial charge in [-0.2, -0.15) is 15.1 Å². The SMILES string of the molecule is COc1nc(Cl)cc(NN=C(C)c2ccc(N(C)C)cc2)n1. The monoisotopic (exact) mass is 319 g/mol. The van der Waals surface area contributed by atoms with Crippen molar-refractivity contribution in [3.63, 3.8) is 0 Å². The van der Waals surface area contributed by atoms with Gasteiger partial charge in [0.05, 0.1) is 12.8 Å². The first-order valence-corrected chi connectivity index (χ1v) is 7.04. The van der Waals surface area contributed by atoms with Crippen molar-refractivity contribution in [3.05, 3.63) is 41.0 Å². The summed E-state index contributed by atoms with van der Waals surface area (Å²) < 4.78 is 4.96. The van der Waals surface area contributed by atoms with E-state index in [-0.39, 0.29) is 11.2 Å². The Bertz CT molecular complexity index is 670. The van der Waals surface area contributed by atoms with Gasteiger partial charge in [-0.1, -0.05) is 23.7 Å². The first-order chi connectivity index (χ1) is 10.5. The van der Waals surface area contributed by atoms with Crippen LogP contribution in [0.3, 0.4) is 0 Å². The molecule has 0 aliphatic heterocycles. The van der Waals surface area contributed by atoms with Crippen molar-refractivity contribution in [3.8, 4) is 6.01 Å². The fourth-order valence-corrected chi connectivity index (χ4v) is 1.93. The molecule has 0 atom stereocenters. The first kappa shape index (κ1) is 16.0. The zero-order valence-electron chi connectivity index (χ0n) is 13.0. The van der Waals surface area contributed by atoms with Crippen LogP contribution in [0.5, 0.6) is 6.01 Å². The van der Waals surface area contributed by atoms with Crippen LogP contribution in [0.15, 0.2) is 35.4 Å². The molecule has 0 radical (unpaired) electrons. The number of methoxy groups -OCH3 is 1. The average molecular weight is 320 g/mol. The van der Waals surface area contributed by atoms with Gasteiger partial charge in [0.2, 0.25) is 0 Å². The second kappa shape index (κ2) is 7.09. The largest absolute Gasteiger partial charge is 0.467 e. The maximum Gasteiger partial charge on any atom is 0.319 e. The fourth-order valence-electron chi connectivity index (χ4n) is 1.75. The fraction of sp³-hybridized carbons (Fsp3) is 0.267. The summed E-state index contributed by atoms with van der Waals surface area (Å²) in [6.45, 7) is 1.91. The van der Waals surface area contributed by atoms with Crippen molar-refractivity contribution in [1.29, 1.82) is 0 Å². The summed E-state index contributed by atoms with van der Waals surface area (Å²) in [6, 6.07) is 9.89. The highest BCUT2D eigenvalue weighted by molar-refractivity contribution is 6.29. The van der Waals surface area contributed by atoms with Crippen molar-refractivity contribution in [1.82, 2.24) is 9.97 Å². The summed E-state index contributed by atoms with van der Waals surface area (Å²) in [5.74, 6) is 0.473. The van der Waals surface area contributed by atoms with Crippen LogP contribution in [0.2, 0.25) is 5.15 Å². The first-order valence-electron chi connectivity index (χ1n) is 6.66. The second-order valence-electron chi connectivity index (χ2n) is 4.81. The summed E-state index contributed by atoms with van der Waals surface area (Å²) in [7, 11) is 5.49. The molecule has 116 valence electrons. The van der Waals surface area contributed by atoms with Crippen molar-refractivity contribution in [2.45, 2.75) is 6.92 Å². The molecule has 6 nitrogen and oxygen atoms in total. The minimum atomic E-state index is 0.193. The van der Waals surface area contributed by atoms with Crippen LogP contribution in [-0.2, 0) is 0 Å². The van der Waals surface area contributed by atoms with E-state index in [1.165, 1.54) is 7.11 Å². The molecule has 1 N–H and O–H groups in total. The molecule has 0 amide bonds. The highest BCUT2D eigenvalue weighted by Crippen LogP contribution is 2.16. The Labute approximate surface area is 134 Å². The lowest BCUT2D eigenvalue weighted by Crippen LogP contribution is -2.08. The number of halogens is 1. The van der Waals surface area contributed by atoms with Gasteiger partial charge in [0, 0.05) is 25.8 Å². The number of ether oxygens (including phenoxy) is 1. The van der Waals surface area contributed by atoms with Gasteiger partial charge in [0.1, 0.15) is 5.15 Å². The molecule has 0 spiro atoms. The predicted octanol–water partition coefficient (Wildman–Crippen LogP) is 3.04. The highest BCUT2D eigenvalue weighted by atomic mass is 35.5. The van der Waals surface area contributed by atoms with Crippen molar-refractivity contribution in [2.75, 3.05) is 31.5 Å². The Morgan fingerprint density at radius 2 is 1.91 bits per heavy atom. The third kappa shape index (κ3) is 4.08. The van der Waals surface area contributed by atoms with E-state index in [0.717, 1.165) is 17.0 Å². The second-order valence-corrected chi connectivity index (χ2v) is 5.20. The number of hydrazone groups is 1. The number of nitrogens with zero attached hydrogens (tertiary/aromatic N) is 4. The van der Waals surface area contributed by atoms with Gasteiger partial charge in [0.25, 0.3) is 0 Å². The topological polar surface area (TPSA) is 62.6 Å². The number of anilines is 2. The summed E-state index contributed by atoms with van der Waals surface area (Å²) in [6.07, 6.45) is 0. The highest BCUT2D eigenvalue weighted by Gasteiger charge is 2.03. The van der Waals surface area contributed by atoms with Crippen molar-refractivity contribution in [2.24, 2.45) is 5.10 Å². The third-order valence-corrected chi connectivity index (χ3v) is 3.19. The molecular formula is C15H18ClN5O. The van der Waals surface area contributed by atoms with E-state index in [4.69, 9.17) is 16.3 Å². The van der Waals surface area contributed by atoms with Crippen LogP contribution in [0.4, 0.5) is 11.5 Å². The van der Waals surface area contributed by atoms with E-state index >= 15 is 0 Å². The van der Waals surface area contributed by atoms with E-state index < -0.39 is 0 Å². The molecule has 22 heavy (non-hydrogen) atoms. The molecule has 0 aliphatic rings. The Morgan fingerprint density at radius 1 is 1.23 bits per heavy atom. The van der Waals surface area contributed by atoms with Gasteiger partial charge in [-0.15, -0.1) is 0 Å². The van der Waals surface area contributed by atoms with E-state index in [1.54, 1.807) is 6.07 Å². The van der Waals surface area contributed by atoms with Crippen molar-refractivity contribution >= 4 is 28.8 Å². The lowest BCUT2D eigenvalue weighted by atomic mass is 10.1. The maximum absolute atomic E-state index is 5.88. The van der Waals surface area contributed by atoms with Gasteiger partial charge in [-0.05, 0) is 24.6 Å². The summed E-state index contributed by atoms with van der Waals surface area (Å²) in [5.41, 5.74) is 5.84. The van der Waals surface area contributed by atoms with E-state index in [2.05, 4.69) is 20.5 Å². The zero-order chi connectivity index (χ0) is 16.1. The molecule has 2 aromatic rings. The lowest BCUT2D eigenvalue weighted by Gasteiger charge is -2.12. The minimum absolute atomic E-state index is 0.193. The Balaban J connectivity index is 2.13. The third-order valence-electron chi connectivity index (χ3n) is 3.00. The Kier molecular flexibility index (Phi) is 5.16. The molecule has 1 aromatic carbocycles. The normalized spacial score (nSPS) is 11.2. The minimum Gasteiger partial charge on any atom is -0.467 e. The van der Waals surface area contributed by atoms with Gasteiger partial charge in [0.15, 0.2) is 5.82 Å². The number of hydrogen-bond acceptors (Lipinski definition) is 6. The molecule has 0 bridgehead atoms. The van der Waals surface area contributed by atoms with Gasteiger partial charge in [-0.3, -0.25) is 5.43 Å². The van der Waals surface area contributed by atoms with Crippen LogP contribution in [0.1, 0.15) is 12.5 Å². The zero-order valence-corrected chi connectivity index (χ0v) is 13.7. The molecule has 0 aliphatic carbocycles. The number of hydrogen-bond donors (Lipinski definition) is 1. The molecule has 2 rings (SSSR count). The summed E-state index contributed by atoms with van der Waals surface area (Å²) >= 11 is 5.88. The molecule has 0 unspecified atom stereocenters. The van der Waals surface area contributed by atoms with Gasteiger partial charge >= 0.3 is 6.01 Å². The van der Waals surface area contributed by atoms with Crippen LogP contribution < -0.4 is 15.1 Å². The number of aromatic nitrogens is 2. The molecule has 1 aromatic heterocycles. The van der Waals surface area contributed by atoms with E-state index in [1.807, 2.05) is 50.2 Å². The average Bonchev–Trinajstić information content (AvgIpc) is 2.52. The predicted molar refractivity (Wildman–Crippen MR) is 90.2 cm³/mol. The van der Waals surface area contributed by atoms with Gasteiger partial charge in [-0.25, -0.2) is 0 Å². The van der Waals surface area contributed by atoms with E-state index in [9.17, 15) is 0 Å². The Morgan fingerprint density at radius 3 is 2.50 bits per heavy atom. The van der Waals surface area contributed by atoms with Crippen LogP contribution in [0, 0.1) is 0 Å². The number of nitrogens with one attached hydrogen (secondary N) is 1. The number of rotatable bonds is 5. The molecule has 0 saturated carbocycles. The molecule has 0 saturated heterocycles.